The number of nitrogens with zero attached hydrogens (tertiary/aromatic N) is 2. The average molecular weight is 494 g/mol. The van der Waals surface area contributed by atoms with Crippen LogP contribution in [-0.4, -0.2) is 51.4 Å². The monoisotopic (exact) mass is 494 g/mol. The van der Waals surface area contributed by atoms with Crippen LogP contribution in [0.5, 0.6) is 0 Å². The lowest BCUT2D eigenvalue weighted by atomic mass is 10.1. The second kappa shape index (κ2) is 11.0. The van der Waals surface area contributed by atoms with E-state index in [4.69, 9.17) is 9.73 Å². The molecule has 0 saturated carbocycles. The highest BCUT2D eigenvalue weighted by molar-refractivity contribution is 14.0. The van der Waals surface area contributed by atoms with Crippen LogP contribution in [0.25, 0.3) is 0 Å². The molecule has 27 heavy (non-hydrogen) atoms. The van der Waals surface area contributed by atoms with E-state index in [1.54, 1.807) is 6.07 Å². The summed E-state index contributed by atoms with van der Waals surface area (Å²) >= 11 is 0. The van der Waals surface area contributed by atoms with Gasteiger partial charge in [-0.2, -0.15) is 0 Å². The fraction of sp³-hybridized carbons (Fsp3) is 0.632. The number of ether oxygens (including phenoxy) is 1. The van der Waals surface area contributed by atoms with E-state index in [0.29, 0.717) is 12.5 Å². The SMILES string of the molecule is CCNC(=NCC1CCN(c2ccc(F)c(F)c2)C1)NCC1CCCO1.I. The molecule has 2 fully saturated rings. The van der Waals surface area contributed by atoms with Crippen molar-refractivity contribution >= 4 is 35.6 Å². The summed E-state index contributed by atoms with van der Waals surface area (Å²) in [4.78, 5) is 6.79. The van der Waals surface area contributed by atoms with Crippen molar-refractivity contribution < 1.29 is 13.5 Å². The first kappa shape index (κ1) is 22.1. The number of aliphatic imine (C=N–C) groups is 1. The Labute approximate surface area is 177 Å². The molecule has 2 aliphatic rings. The number of hydrogen-bond acceptors (Lipinski definition) is 3. The maximum Gasteiger partial charge on any atom is 0.191 e. The van der Waals surface area contributed by atoms with Gasteiger partial charge in [-0.05, 0) is 44.2 Å². The Morgan fingerprint density at radius 1 is 1.26 bits per heavy atom. The number of anilines is 1. The van der Waals surface area contributed by atoms with Gasteiger partial charge < -0.3 is 20.3 Å². The van der Waals surface area contributed by atoms with Crippen LogP contribution in [-0.2, 0) is 4.74 Å². The smallest absolute Gasteiger partial charge is 0.191 e. The van der Waals surface area contributed by atoms with E-state index < -0.39 is 11.6 Å². The maximum atomic E-state index is 13.4. The van der Waals surface area contributed by atoms with Gasteiger partial charge in [0.1, 0.15) is 0 Å². The molecule has 0 aliphatic carbocycles. The molecule has 0 radical (unpaired) electrons. The Kier molecular flexibility index (Phi) is 9.01. The molecule has 0 aromatic heterocycles. The highest BCUT2D eigenvalue weighted by Gasteiger charge is 2.23. The fourth-order valence-corrected chi connectivity index (χ4v) is 3.48. The summed E-state index contributed by atoms with van der Waals surface area (Å²) in [5, 5.41) is 6.62. The van der Waals surface area contributed by atoms with Gasteiger partial charge >= 0.3 is 0 Å². The second-order valence-corrected chi connectivity index (χ2v) is 6.93. The first-order valence-electron chi connectivity index (χ1n) is 9.49. The zero-order valence-corrected chi connectivity index (χ0v) is 18.0. The van der Waals surface area contributed by atoms with Gasteiger partial charge in [-0.25, -0.2) is 8.78 Å². The van der Waals surface area contributed by atoms with E-state index in [2.05, 4.69) is 15.5 Å². The van der Waals surface area contributed by atoms with E-state index in [0.717, 1.165) is 63.7 Å². The number of benzene rings is 1. The van der Waals surface area contributed by atoms with Gasteiger partial charge in [-0.1, -0.05) is 0 Å². The molecule has 2 aliphatic heterocycles. The summed E-state index contributed by atoms with van der Waals surface area (Å²) in [7, 11) is 0. The van der Waals surface area contributed by atoms with Crippen molar-refractivity contribution in [3.8, 4) is 0 Å². The predicted octanol–water partition coefficient (Wildman–Crippen LogP) is 3.14. The van der Waals surface area contributed by atoms with Crippen LogP contribution in [0.2, 0.25) is 0 Å². The van der Waals surface area contributed by atoms with Gasteiger partial charge in [-0.15, -0.1) is 24.0 Å². The van der Waals surface area contributed by atoms with Crippen molar-refractivity contribution in [1.82, 2.24) is 10.6 Å². The van der Waals surface area contributed by atoms with Gasteiger partial charge in [0.15, 0.2) is 17.6 Å². The first-order chi connectivity index (χ1) is 12.7. The van der Waals surface area contributed by atoms with Crippen LogP contribution in [0, 0.1) is 17.6 Å². The molecule has 2 saturated heterocycles. The van der Waals surface area contributed by atoms with Crippen molar-refractivity contribution in [2.45, 2.75) is 32.3 Å². The molecule has 152 valence electrons. The normalized spacial score (nSPS) is 22.6. The lowest BCUT2D eigenvalue weighted by Crippen LogP contribution is -2.41. The van der Waals surface area contributed by atoms with Crippen molar-refractivity contribution in [3.63, 3.8) is 0 Å². The van der Waals surface area contributed by atoms with Gasteiger partial charge in [0.25, 0.3) is 0 Å². The number of guanidine groups is 1. The summed E-state index contributed by atoms with van der Waals surface area (Å²) in [5.74, 6) is -0.381. The molecule has 5 nitrogen and oxygen atoms in total. The number of halogens is 3. The molecule has 2 unspecified atom stereocenters. The second-order valence-electron chi connectivity index (χ2n) is 6.93. The standard InChI is InChI=1S/C19H28F2N4O.HI/c1-2-22-19(24-12-16-4-3-9-26-16)23-11-14-7-8-25(13-14)15-5-6-17(20)18(21)10-15;/h5-6,10,14,16H,2-4,7-9,11-13H2,1H3,(H2,22,23,24);1H. The van der Waals surface area contributed by atoms with Gasteiger partial charge in [-0.3, -0.25) is 4.99 Å². The third-order valence-electron chi connectivity index (χ3n) is 4.93. The highest BCUT2D eigenvalue weighted by atomic mass is 127. The maximum absolute atomic E-state index is 13.4. The molecular weight excluding hydrogens is 465 g/mol. The molecule has 8 heteroatoms. The van der Waals surface area contributed by atoms with Crippen LogP contribution >= 0.6 is 24.0 Å². The minimum absolute atomic E-state index is 0. The average Bonchev–Trinajstić information content (AvgIpc) is 3.31. The summed E-state index contributed by atoms with van der Waals surface area (Å²) in [6, 6.07) is 4.10. The molecule has 0 spiro atoms. The van der Waals surface area contributed by atoms with Crippen LogP contribution in [0.4, 0.5) is 14.5 Å². The van der Waals surface area contributed by atoms with Crippen molar-refractivity contribution in [1.29, 1.82) is 0 Å². The topological polar surface area (TPSA) is 48.9 Å². The quantitative estimate of drug-likeness (QED) is 0.363. The lowest BCUT2D eigenvalue weighted by Gasteiger charge is -2.19. The minimum Gasteiger partial charge on any atom is -0.376 e. The van der Waals surface area contributed by atoms with Crippen molar-refractivity contribution in [2.24, 2.45) is 10.9 Å². The molecule has 2 atom stereocenters. The Hall–Kier alpha value is -1.16. The van der Waals surface area contributed by atoms with Gasteiger partial charge in [0.2, 0.25) is 0 Å². The van der Waals surface area contributed by atoms with Crippen LogP contribution in [0.1, 0.15) is 26.2 Å². The Morgan fingerprint density at radius 2 is 2.11 bits per heavy atom. The minimum atomic E-state index is -0.804. The van der Waals surface area contributed by atoms with Gasteiger partial charge in [0.05, 0.1) is 6.10 Å². The van der Waals surface area contributed by atoms with Crippen LogP contribution in [0.3, 0.4) is 0 Å². The summed E-state index contributed by atoms with van der Waals surface area (Å²) in [5.41, 5.74) is 0.735. The Bertz CT molecular complexity index is 626. The molecule has 2 N–H and O–H groups in total. The van der Waals surface area contributed by atoms with E-state index in [1.165, 1.54) is 12.1 Å². The molecule has 0 amide bonds. The zero-order valence-electron chi connectivity index (χ0n) is 15.7. The third kappa shape index (κ3) is 6.44. The third-order valence-corrected chi connectivity index (χ3v) is 4.93. The number of nitrogens with one attached hydrogen (secondary N) is 2. The summed E-state index contributed by atoms with van der Waals surface area (Å²) in [6.45, 7) is 6.83. The lowest BCUT2D eigenvalue weighted by molar-refractivity contribution is 0.114. The Balaban J connectivity index is 0.00000261. The highest BCUT2D eigenvalue weighted by Crippen LogP contribution is 2.25. The fourth-order valence-electron chi connectivity index (χ4n) is 3.48. The van der Waals surface area contributed by atoms with E-state index in [-0.39, 0.29) is 30.1 Å². The molecule has 3 rings (SSSR count). The van der Waals surface area contributed by atoms with Crippen LogP contribution in [0.15, 0.2) is 23.2 Å². The van der Waals surface area contributed by atoms with E-state index >= 15 is 0 Å². The van der Waals surface area contributed by atoms with E-state index in [9.17, 15) is 8.78 Å². The molecular formula is C19H29F2IN4O. The first-order valence-corrected chi connectivity index (χ1v) is 9.49. The van der Waals surface area contributed by atoms with Crippen molar-refractivity contribution in [3.05, 3.63) is 29.8 Å². The van der Waals surface area contributed by atoms with Crippen molar-refractivity contribution in [2.75, 3.05) is 44.2 Å². The number of hydrogen-bond donors (Lipinski definition) is 2. The van der Waals surface area contributed by atoms with Crippen LogP contribution < -0.4 is 15.5 Å². The molecule has 0 bridgehead atoms. The summed E-state index contributed by atoms with van der Waals surface area (Å²) < 4.78 is 32.2. The van der Waals surface area contributed by atoms with Gasteiger partial charge in [0, 0.05) is 51.1 Å². The molecule has 2 heterocycles. The summed E-state index contributed by atoms with van der Waals surface area (Å²) in [6.07, 6.45) is 3.49. The number of rotatable bonds is 6. The van der Waals surface area contributed by atoms with E-state index in [1.807, 2.05) is 6.92 Å². The predicted molar refractivity (Wildman–Crippen MR) is 115 cm³/mol. The largest absolute Gasteiger partial charge is 0.376 e. The Morgan fingerprint density at radius 3 is 2.81 bits per heavy atom. The molecule has 1 aromatic rings. The zero-order chi connectivity index (χ0) is 18.4. The molecule has 1 aromatic carbocycles.